The van der Waals surface area contributed by atoms with Crippen LogP contribution < -0.4 is 0 Å². The van der Waals surface area contributed by atoms with Gasteiger partial charge in [0.15, 0.2) is 0 Å². The zero-order valence-electron chi connectivity index (χ0n) is 11.8. The Morgan fingerprint density at radius 3 is 2.57 bits per heavy atom. The average Bonchev–Trinajstić information content (AvgIpc) is 3.07. The van der Waals surface area contributed by atoms with Crippen LogP contribution in [0.3, 0.4) is 0 Å². The van der Waals surface area contributed by atoms with Gasteiger partial charge in [-0.2, -0.15) is 0 Å². The third kappa shape index (κ3) is 2.86. The fourth-order valence-corrected chi connectivity index (χ4v) is 5.98. The van der Waals surface area contributed by atoms with E-state index < -0.39 is 10.0 Å². The second-order valence-corrected chi connectivity index (χ2v) is 9.78. The van der Waals surface area contributed by atoms with Crippen LogP contribution >= 0.6 is 23.1 Å². The van der Waals surface area contributed by atoms with Crippen molar-refractivity contribution in [3.63, 3.8) is 0 Å². The van der Waals surface area contributed by atoms with E-state index in [1.807, 2.05) is 22.4 Å². The van der Waals surface area contributed by atoms with Crippen molar-refractivity contribution >= 4 is 39.0 Å². The van der Waals surface area contributed by atoms with Gasteiger partial charge in [-0.3, -0.25) is 4.79 Å². The molecule has 3 heterocycles. The molecule has 2 aliphatic rings. The van der Waals surface area contributed by atoms with Crippen molar-refractivity contribution in [2.75, 3.05) is 31.6 Å². The van der Waals surface area contributed by atoms with Gasteiger partial charge < -0.3 is 4.90 Å². The van der Waals surface area contributed by atoms with E-state index in [1.165, 1.54) is 21.9 Å². The molecule has 0 atom stereocenters. The Bertz CT molecular complexity index is 619. The first-order valence-electron chi connectivity index (χ1n) is 6.87. The summed E-state index contributed by atoms with van der Waals surface area (Å²) in [6.07, 6.45) is 2.67. The second kappa shape index (κ2) is 5.57. The Morgan fingerprint density at radius 2 is 2.00 bits per heavy atom. The Kier molecular flexibility index (Phi) is 4.06. The quantitative estimate of drug-likeness (QED) is 0.818. The number of carbonyl (C=O) groups is 1. The lowest BCUT2D eigenvalue weighted by atomic mass is 10.0. The van der Waals surface area contributed by atoms with E-state index in [1.54, 1.807) is 11.8 Å². The van der Waals surface area contributed by atoms with Crippen molar-refractivity contribution in [1.29, 1.82) is 0 Å². The molecular formula is C13H18N2O3S3. The maximum Gasteiger partial charge on any atom is 0.265 e. The number of hydrogen-bond donors (Lipinski definition) is 0. The second-order valence-electron chi connectivity index (χ2n) is 5.39. The molecule has 0 bridgehead atoms. The molecule has 0 radical (unpaired) electrons. The van der Waals surface area contributed by atoms with Gasteiger partial charge in [-0.25, -0.2) is 12.7 Å². The van der Waals surface area contributed by atoms with Crippen molar-refractivity contribution in [1.82, 2.24) is 9.21 Å². The number of hydrogen-bond acceptors (Lipinski definition) is 5. The minimum absolute atomic E-state index is 0.0859. The van der Waals surface area contributed by atoms with Crippen LogP contribution in [0.4, 0.5) is 0 Å². The molecule has 0 aromatic carbocycles. The predicted octanol–water partition coefficient (Wildman–Crippen LogP) is 1.69. The molecule has 1 amide bonds. The minimum Gasteiger partial charge on any atom is -0.322 e. The molecule has 2 fully saturated rings. The van der Waals surface area contributed by atoms with Gasteiger partial charge in [0.25, 0.3) is 5.91 Å². The van der Waals surface area contributed by atoms with Gasteiger partial charge in [0, 0.05) is 25.4 Å². The number of thiophene rings is 1. The first-order chi connectivity index (χ1) is 9.92. The Labute approximate surface area is 133 Å². The van der Waals surface area contributed by atoms with Crippen molar-refractivity contribution < 1.29 is 13.2 Å². The summed E-state index contributed by atoms with van der Waals surface area (Å²) in [4.78, 5) is 15.2. The zero-order valence-corrected chi connectivity index (χ0v) is 14.3. The first-order valence-corrected chi connectivity index (χ1v) is 10.6. The molecule has 1 aromatic heterocycles. The third-order valence-corrected chi connectivity index (χ3v) is 7.84. The van der Waals surface area contributed by atoms with Gasteiger partial charge in [0.05, 0.1) is 16.0 Å². The maximum atomic E-state index is 12.7. The van der Waals surface area contributed by atoms with E-state index in [-0.39, 0.29) is 10.8 Å². The molecule has 21 heavy (non-hydrogen) atoms. The van der Waals surface area contributed by atoms with Crippen LogP contribution in [0.15, 0.2) is 17.5 Å². The van der Waals surface area contributed by atoms with Gasteiger partial charge in [-0.1, -0.05) is 6.07 Å². The Balaban J connectivity index is 1.77. The Hall–Kier alpha value is -0.570. The van der Waals surface area contributed by atoms with Crippen LogP contribution in [-0.4, -0.2) is 60.0 Å². The van der Waals surface area contributed by atoms with Crippen molar-refractivity contribution in [3.05, 3.63) is 22.4 Å². The lowest BCUT2D eigenvalue weighted by Crippen LogP contribution is -2.53. The molecule has 0 N–H and O–H groups in total. The largest absolute Gasteiger partial charge is 0.322 e. The SMILES string of the molecule is CS(=O)(=O)N1CCC2(CC1)SCCN2C(=O)c1cccs1. The number of piperidine rings is 1. The monoisotopic (exact) mass is 346 g/mol. The average molecular weight is 346 g/mol. The summed E-state index contributed by atoms with van der Waals surface area (Å²) in [6.45, 7) is 1.75. The standard InChI is InChI=1S/C13H18N2O3S3/c1-21(17,18)14-6-4-13(5-7-14)15(8-10-20-13)12(16)11-3-2-9-19-11/h2-3,9H,4-8,10H2,1H3. The topological polar surface area (TPSA) is 57.7 Å². The first kappa shape index (κ1) is 15.3. The van der Waals surface area contributed by atoms with Gasteiger partial charge in [-0.05, 0) is 24.3 Å². The Morgan fingerprint density at radius 1 is 1.29 bits per heavy atom. The van der Waals surface area contributed by atoms with Crippen LogP contribution in [0.5, 0.6) is 0 Å². The highest BCUT2D eigenvalue weighted by Gasteiger charge is 2.47. The molecule has 2 saturated heterocycles. The summed E-state index contributed by atoms with van der Waals surface area (Å²) < 4.78 is 24.8. The van der Waals surface area contributed by atoms with Crippen LogP contribution in [0.1, 0.15) is 22.5 Å². The van der Waals surface area contributed by atoms with E-state index in [2.05, 4.69) is 0 Å². The molecule has 2 aliphatic heterocycles. The molecule has 1 aromatic rings. The molecule has 0 aliphatic carbocycles. The van der Waals surface area contributed by atoms with E-state index in [0.717, 1.165) is 17.2 Å². The lowest BCUT2D eigenvalue weighted by molar-refractivity contribution is 0.0610. The lowest BCUT2D eigenvalue weighted by Gasteiger charge is -2.43. The van der Waals surface area contributed by atoms with E-state index in [0.29, 0.717) is 25.9 Å². The van der Waals surface area contributed by atoms with Gasteiger partial charge >= 0.3 is 0 Å². The third-order valence-electron chi connectivity index (χ3n) is 4.13. The molecule has 8 heteroatoms. The number of sulfonamides is 1. The van der Waals surface area contributed by atoms with Gasteiger partial charge in [0.1, 0.15) is 0 Å². The van der Waals surface area contributed by atoms with Crippen LogP contribution in [-0.2, 0) is 10.0 Å². The van der Waals surface area contributed by atoms with E-state index in [4.69, 9.17) is 0 Å². The summed E-state index contributed by atoms with van der Waals surface area (Å²) >= 11 is 3.26. The van der Waals surface area contributed by atoms with E-state index in [9.17, 15) is 13.2 Å². The highest BCUT2D eigenvalue weighted by molar-refractivity contribution is 8.00. The number of amides is 1. The zero-order chi connectivity index (χ0) is 15.1. The molecule has 5 nitrogen and oxygen atoms in total. The highest BCUT2D eigenvalue weighted by atomic mass is 32.2. The number of carbonyl (C=O) groups excluding carboxylic acids is 1. The van der Waals surface area contributed by atoms with Crippen molar-refractivity contribution in [2.24, 2.45) is 0 Å². The molecule has 3 rings (SSSR count). The summed E-state index contributed by atoms with van der Waals surface area (Å²) in [5.41, 5.74) is 0. The minimum atomic E-state index is -3.13. The fraction of sp³-hybridized carbons (Fsp3) is 0.615. The van der Waals surface area contributed by atoms with Crippen LogP contribution in [0.25, 0.3) is 0 Å². The summed E-state index contributed by atoms with van der Waals surface area (Å²) in [5, 5.41) is 1.91. The normalized spacial score (nSPS) is 22.8. The molecule has 0 unspecified atom stereocenters. The predicted molar refractivity (Wildman–Crippen MR) is 86.2 cm³/mol. The maximum absolute atomic E-state index is 12.7. The summed E-state index contributed by atoms with van der Waals surface area (Å²) in [7, 11) is -3.13. The summed E-state index contributed by atoms with van der Waals surface area (Å²) in [6, 6.07) is 3.75. The van der Waals surface area contributed by atoms with Crippen molar-refractivity contribution in [3.8, 4) is 0 Å². The smallest absolute Gasteiger partial charge is 0.265 e. The van der Waals surface area contributed by atoms with Crippen molar-refractivity contribution in [2.45, 2.75) is 17.7 Å². The van der Waals surface area contributed by atoms with Gasteiger partial charge in [0.2, 0.25) is 10.0 Å². The number of nitrogens with zero attached hydrogens (tertiary/aromatic N) is 2. The summed E-state index contributed by atoms with van der Waals surface area (Å²) in [5.74, 6) is 1.01. The van der Waals surface area contributed by atoms with Crippen LogP contribution in [0, 0.1) is 0 Å². The van der Waals surface area contributed by atoms with E-state index >= 15 is 0 Å². The molecular weight excluding hydrogens is 328 g/mol. The number of thioether (sulfide) groups is 1. The fourth-order valence-electron chi connectivity index (χ4n) is 3.01. The van der Waals surface area contributed by atoms with Gasteiger partial charge in [-0.15, -0.1) is 23.1 Å². The van der Waals surface area contributed by atoms with Crippen LogP contribution in [0.2, 0.25) is 0 Å². The molecule has 0 saturated carbocycles. The molecule has 116 valence electrons. The molecule has 1 spiro atoms. The number of rotatable bonds is 2. The highest BCUT2D eigenvalue weighted by Crippen LogP contribution is 2.45.